The molecule has 0 aliphatic rings. The molecule has 0 fully saturated rings. The molecule has 0 aliphatic carbocycles. The number of rotatable bonds is 4. The van der Waals surface area contributed by atoms with Crippen LogP contribution in [0.15, 0.2) is 35.2 Å². The number of nitrogens with two attached hydrogens (primary N) is 1. The third-order valence-corrected chi connectivity index (χ3v) is 4.29. The van der Waals surface area contributed by atoms with Gasteiger partial charge in [-0.25, -0.2) is 4.39 Å². The summed E-state index contributed by atoms with van der Waals surface area (Å²) < 4.78 is 13.9. The zero-order valence-corrected chi connectivity index (χ0v) is 13.9. The number of anilines is 1. The lowest BCUT2D eigenvalue weighted by atomic mass is 10.1. The van der Waals surface area contributed by atoms with Crippen molar-refractivity contribution in [3.63, 3.8) is 0 Å². The SMILES string of the molecule is CSc1ccc(C)c(C(=O)Nc2cc(C(N)=O)cc(F)c2C)c1. The van der Waals surface area contributed by atoms with Crippen molar-refractivity contribution in [2.75, 3.05) is 11.6 Å². The number of primary amides is 1. The van der Waals surface area contributed by atoms with Gasteiger partial charge in [0.2, 0.25) is 5.91 Å². The van der Waals surface area contributed by atoms with Gasteiger partial charge in [0.1, 0.15) is 5.82 Å². The van der Waals surface area contributed by atoms with Crippen LogP contribution in [-0.4, -0.2) is 18.1 Å². The summed E-state index contributed by atoms with van der Waals surface area (Å²) in [5, 5.41) is 2.66. The lowest BCUT2D eigenvalue weighted by Crippen LogP contribution is -2.17. The van der Waals surface area contributed by atoms with Gasteiger partial charge in [0.25, 0.3) is 5.91 Å². The van der Waals surface area contributed by atoms with Crippen molar-refractivity contribution in [1.82, 2.24) is 0 Å². The number of amides is 2. The summed E-state index contributed by atoms with van der Waals surface area (Å²) in [5.41, 5.74) is 6.99. The Morgan fingerprint density at radius 1 is 1.17 bits per heavy atom. The molecule has 0 bridgehead atoms. The number of halogens is 1. The molecule has 0 aromatic heterocycles. The van der Waals surface area contributed by atoms with E-state index in [-0.39, 0.29) is 22.7 Å². The van der Waals surface area contributed by atoms with Gasteiger partial charge < -0.3 is 11.1 Å². The summed E-state index contributed by atoms with van der Waals surface area (Å²) in [7, 11) is 0. The van der Waals surface area contributed by atoms with Crippen LogP contribution in [0, 0.1) is 19.7 Å². The molecule has 23 heavy (non-hydrogen) atoms. The van der Waals surface area contributed by atoms with E-state index in [1.165, 1.54) is 24.8 Å². The van der Waals surface area contributed by atoms with E-state index in [1.807, 2.05) is 25.3 Å². The van der Waals surface area contributed by atoms with E-state index in [9.17, 15) is 14.0 Å². The van der Waals surface area contributed by atoms with Crippen LogP contribution in [0.3, 0.4) is 0 Å². The first-order chi connectivity index (χ1) is 10.8. The molecule has 0 radical (unpaired) electrons. The topological polar surface area (TPSA) is 72.2 Å². The van der Waals surface area contributed by atoms with E-state index < -0.39 is 11.7 Å². The molecule has 0 aliphatic heterocycles. The normalized spacial score (nSPS) is 10.4. The molecule has 0 saturated carbocycles. The van der Waals surface area contributed by atoms with Gasteiger partial charge >= 0.3 is 0 Å². The average molecular weight is 332 g/mol. The third-order valence-electron chi connectivity index (χ3n) is 3.57. The second-order valence-corrected chi connectivity index (χ2v) is 6.01. The Kier molecular flexibility index (Phi) is 5.05. The van der Waals surface area contributed by atoms with Crippen molar-refractivity contribution in [2.45, 2.75) is 18.7 Å². The molecule has 2 aromatic rings. The maximum atomic E-state index is 13.9. The average Bonchev–Trinajstić information content (AvgIpc) is 2.51. The number of carbonyl (C=O) groups excluding carboxylic acids is 2. The number of nitrogens with one attached hydrogen (secondary N) is 1. The van der Waals surface area contributed by atoms with Crippen LogP contribution in [0.5, 0.6) is 0 Å². The highest BCUT2D eigenvalue weighted by Gasteiger charge is 2.15. The molecule has 0 spiro atoms. The van der Waals surface area contributed by atoms with E-state index >= 15 is 0 Å². The Hall–Kier alpha value is -2.34. The summed E-state index contributed by atoms with van der Waals surface area (Å²) in [4.78, 5) is 24.7. The molecule has 3 N–H and O–H groups in total. The number of thioether (sulfide) groups is 1. The van der Waals surface area contributed by atoms with Crippen molar-refractivity contribution in [3.8, 4) is 0 Å². The maximum absolute atomic E-state index is 13.9. The molecule has 0 atom stereocenters. The van der Waals surface area contributed by atoms with Crippen molar-refractivity contribution in [3.05, 3.63) is 58.4 Å². The largest absolute Gasteiger partial charge is 0.366 e. The van der Waals surface area contributed by atoms with Crippen molar-refractivity contribution < 1.29 is 14.0 Å². The predicted octanol–water partition coefficient (Wildman–Crippen LogP) is 3.52. The van der Waals surface area contributed by atoms with Gasteiger partial charge in [-0.05, 0) is 49.9 Å². The summed E-state index contributed by atoms with van der Waals surface area (Å²) in [6.45, 7) is 3.35. The van der Waals surface area contributed by atoms with E-state index in [0.717, 1.165) is 16.5 Å². The monoisotopic (exact) mass is 332 g/mol. The molecule has 2 amide bonds. The molecule has 4 nitrogen and oxygen atoms in total. The van der Waals surface area contributed by atoms with Gasteiger partial charge in [-0.3, -0.25) is 9.59 Å². The van der Waals surface area contributed by atoms with E-state index in [0.29, 0.717) is 5.56 Å². The van der Waals surface area contributed by atoms with E-state index in [4.69, 9.17) is 5.73 Å². The lowest BCUT2D eigenvalue weighted by Gasteiger charge is -2.12. The van der Waals surface area contributed by atoms with Crippen LogP contribution in [0.1, 0.15) is 31.8 Å². The molecule has 2 rings (SSSR count). The minimum absolute atomic E-state index is 0.0120. The molecule has 6 heteroatoms. The smallest absolute Gasteiger partial charge is 0.255 e. The zero-order chi connectivity index (χ0) is 17.1. The fourth-order valence-electron chi connectivity index (χ4n) is 2.11. The molecule has 2 aromatic carbocycles. The van der Waals surface area contributed by atoms with Gasteiger partial charge in [0.05, 0.1) is 0 Å². The van der Waals surface area contributed by atoms with Gasteiger partial charge in [-0.15, -0.1) is 11.8 Å². The molecule has 120 valence electrons. The fourth-order valence-corrected chi connectivity index (χ4v) is 2.55. The fraction of sp³-hybridized carbons (Fsp3) is 0.176. The second-order valence-electron chi connectivity index (χ2n) is 5.13. The van der Waals surface area contributed by atoms with Crippen LogP contribution in [0.4, 0.5) is 10.1 Å². The summed E-state index contributed by atoms with van der Waals surface area (Å²) in [6, 6.07) is 8.00. The number of carbonyl (C=O) groups is 2. The van der Waals surface area contributed by atoms with Gasteiger partial charge in [-0.1, -0.05) is 6.07 Å². The Balaban J connectivity index is 2.39. The minimum Gasteiger partial charge on any atom is -0.366 e. The maximum Gasteiger partial charge on any atom is 0.255 e. The van der Waals surface area contributed by atoms with Crippen molar-refractivity contribution >= 4 is 29.3 Å². The van der Waals surface area contributed by atoms with Gasteiger partial charge in [-0.2, -0.15) is 0 Å². The van der Waals surface area contributed by atoms with Crippen LogP contribution in [0.25, 0.3) is 0 Å². The molecule has 0 unspecified atom stereocenters. The highest BCUT2D eigenvalue weighted by Crippen LogP contribution is 2.23. The van der Waals surface area contributed by atoms with E-state index in [1.54, 1.807) is 6.07 Å². The van der Waals surface area contributed by atoms with Crippen LogP contribution < -0.4 is 11.1 Å². The number of benzene rings is 2. The quantitative estimate of drug-likeness (QED) is 0.842. The molecule has 0 saturated heterocycles. The number of hydrogen-bond acceptors (Lipinski definition) is 3. The van der Waals surface area contributed by atoms with E-state index in [2.05, 4.69) is 5.32 Å². The van der Waals surface area contributed by atoms with Gasteiger partial charge in [0, 0.05) is 27.3 Å². The minimum atomic E-state index is -0.750. The van der Waals surface area contributed by atoms with Crippen LogP contribution in [0.2, 0.25) is 0 Å². The van der Waals surface area contributed by atoms with Crippen LogP contribution >= 0.6 is 11.8 Å². The first-order valence-corrected chi connectivity index (χ1v) is 8.12. The first kappa shape index (κ1) is 17.0. The Morgan fingerprint density at radius 3 is 2.48 bits per heavy atom. The Morgan fingerprint density at radius 2 is 1.87 bits per heavy atom. The number of aryl methyl sites for hydroxylation is 1. The van der Waals surface area contributed by atoms with Crippen LogP contribution in [-0.2, 0) is 0 Å². The Labute approximate surface area is 138 Å². The first-order valence-electron chi connectivity index (χ1n) is 6.89. The standard InChI is InChI=1S/C17H17FN2O2S/c1-9-4-5-12(23-3)8-13(9)17(22)20-15-7-11(16(19)21)6-14(18)10(15)2/h4-8H,1-3H3,(H2,19,21)(H,20,22). The zero-order valence-electron chi connectivity index (χ0n) is 13.1. The predicted molar refractivity (Wildman–Crippen MR) is 90.6 cm³/mol. The number of hydrogen-bond donors (Lipinski definition) is 2. The third kappa shape index (κ3) is 3.71. The lowest BCUT2D eigenvalue weighted by molar-refractivity contribution is 0.0995. The second kappa shape index (κ2) is 6.83. The van der Waals surface area contributed by atoms with Gasteiger partial charge in [0.15, 0.2) is 0 Å². The summed E-state index contributed by atoms with van der Waals surface area (Å²) >= 11 is 1.53. The highest BCUT2D eigenvalue weighted by molar-refractivity contribution is 7.98. The summed E-state index contributed by atoms with van der Waals surface area (Å²) in [5.74, 6) is -1.70. The molecule has 0 heterocycles. The molecular weight excluding hydrogens is 315 g/mol. The Bertz CT molecular complexity index is 790. The summed E-state index contributed by atoms with van der Waals surface area (Å²) in [6.07, 6.45) is 1.92. The van der Waals surface area contributed by atoms with Crippen molar-refractivity contribution in [2.24, 2.45) is 5.73 Å². The highest BCUT2D eigenvalue weighted by atomic mass is 32.2. The molecular formula is C17H17FN2O2S. The van der Waals surface area contributed by atoms with Crippen molar-refractivity contribution in [1.29, 1.82) is 0 Å².